The van der Waals surface area contributed by atoms with Gasteiger partial charge in [0.05, 0.1) is 0 Å². The summed E-state index contributed by atoms with van der Waals surface area (Å²) in [5.41, 5.74) is 13.1. The molecule has 2 nitrogen and oxygen atoms in total. The van der Waals surface area contributed by atoms with Gasteiger partial charge in [-0.1, -0.05) is 182 Å². The summed E-state index contributed by atoms with van der Waals surface area (Å²) >= 11 is 0. The molecular formula is C58H36O2. The van der Waals surface area contributed by atoms with Crippen molar-refractivity contribution in [1.82, 2.24) is 0 Å². The summed E-state index contributed by atoms with van der Waals surface area (Å²) in [7, 11) is 0. The minimum Gasteiger partial charge on any atom is -0.455 e. The molecule has 0 unspecified atom stereocenters. The van der Waals surface area contributed by atoms with Gasteiger partial charge in [0.15, 0.2) is 0 Å². The van der Waals surface area contributed by atoms with E-state index in [9.17, 15) is 0 Å². The van der Waals surface area contributed by atoms with Gasteiger partial charge in [-0.3, -0.25) is 0 Å². The molecule has 0 atom stereocenters. The van der Waals surface area contributed by atoms with E-state index in [1.807, 2.05) is 12.1 Å². The van der Waals surface area contributed by atoms with Crippen LogP contribution in [0.15, 0.2) is 227 Å². The molecule has 60 heavy (non-hydrogen) atoms. The van der Waals surface area contributed by atoms with Gasteiger partial charge >= 0.3 is 0 Å². The highest BCUT2D eigenvalue weighted by atomic mass is 16.3. The molecule has 0 amide bonds. The monoisotopic (exact) mass is 764 g/mol. The van der Waals surface area contributed by atoms with Crippen molar-refractivity contribution in [2.24, 2.45) is 0 Å². The number of hydrogen-bond donors (Lipinski definition) is 0. The van der Waals surface area contributed by atoms with Crippen LogP contribution in [-0.4, -0.2) is 0 Å². The van der Waals surface area contributed by atoms with E-state index in [2.05, 4.69) is 206 Å². The standard InChI is InChI=1S/C58H36O2/c1-5-17-37(18-6-1)55-51-33-41(29-31-53(51)59-57(55)39-21-9-3-10-22-39)47-35-49-46-28-16-14-26-44(46)48(36-50(49)45-27-15-13-25-43(45)47)42-30-32-54-52(34-42)56(38-19-7-2-8-20-38)58(60-54)40-23-11-4-12-24-40/h1-36H. The Hall–Kier alpha value is -7.94. The van der Waals surface area contributed by atoms with Crippen LogP contribution < -0.4 is 0 Å². The SMILES string of the molecule is c1ccc(-c2oc3ccc(-c4cc5c6ccccc6c(-c6ccc7oc(-c8ccccc8)c(-c8ccccc8)c7c6)cc5c5ccccc45)cc3c2-c2ccccc2)cc1. The van der Waals surface area contributed by atoms with E-state index in [1.54, 1.807) is 0 Å². The molecule has 10 aromatic carbocycles. The van der Waals surface area contributed by atoms with Crippen molar-refractivity contribution in [2.45, 2.75) is 0 Å². The number of benzene rings is 10. The van der Waals surface area contributed by atoms with Crippen LogP contribution in [0.1, 0.15) is 0 Å². The van der Waals surface area contributed by atoms with Gasteiger partial charge in [0.2, 0.25) is 0 Å². The highest BCUT2D eigenvalue weighted by Crippen LogP contribution is 2.47. The fourth-order valence-corrected chi connectivity index (χ4v) is 9.33. The second-order valence-electron chi connectivity index (χ2n) is 15.5. The van der Waals surface area contributed by atoms with Gasteiger partial charge in [-0.05, 0) is 102 Å². The lowest BCUT2D eigenvalue weighted by Crippen LogP contribution is -1.89. The molecule has 2 heterocycles. The quantitative estimate of drug-likeness (QED) is 0.158. The molecule has 0 saturated carbocycles. The van der Waals surface area contributed by atoms with Gasteiger partial charge in [-0.15, -0.1) is 0 Å². The summed E-state index contributed by atoms with van der Waals surface area (Å²) in [6.07, 6.45) is 0. The number of fused-ring (bicyclic) bond motifs is 7. The number of furan rings is 2. The van der Waals surface area contributed by atoms with Gasteiger partial charge in [-0.25, -0.2) is 0 Å². The van der Waals surface area contributed by atoms with E-state index < -0.39 is 0 Å². The lowest BCUT2D eigenvalue weighted by molar-refractivity contribution is 0.632. The van der Waals surface area contributed by atoms with Crippen LogP contribution in [-0.2, 0) is 0 Å². The van der Waals surface area contributed by atoms with E-state index in [4.69, 9.17) is 8.83 Å². The Bertz CT molecular complexity index is 3320. The highest BCUT2D eigenvalue weighted by molar-refractivity contribution is 6.24. The van der Waals surface area contributed by atoms with Crippen molar-refractivity contribution in [3.8, 4) is 67.2 Å². The Morgan fingerprint density at radius 1 is 0.217 bits per heavy atom. The fraction of sp³-hybridized carbons (Fsp3) is 0. The normalized spacial score (nSPS) is 11.7. The summed E-state index contributed by atoms with van der Waals surface area (Å²) in [5, 5.41) is 9.51. The molecule has 0 spiro atoms. The lowest BCUT2D eigenvalue weighted by atomic mass is 9.87. The molecule has 2 aromatic heterocycles. The topological polar surface area (TPSA) is 26.3 Å². The molecule has 0 aliphatic heterocycles. The molecule has 280 valence electrons. The average molecular weight is 765 g/mol. The molecule has 0 radical (unpaired) electrons. The fourth-order valence-electron chi connectivity index (χ4n) is 9.33. The van der Waals surface area contributed by atoms with Gasteiger partial charge in [0.1, 0.15) is 22.7 Å². The van der Waals surface area contributed by atoms with Gasteiger partial charge in [0, 0.05) is 33.0 Å². The van der Waals surface area contributed by atoms with E-state index in [-0.39, 0.29) is 0 Å². The summed E-state index contributed by atoms with van der Waals surface area (Å²) in [4.78, 5) is 0. The molecule has 2 heteroatoms. The third kappa shape index (κ3) is 5.50. The summed E-state index contributed by atoms with van der Waals surface area (Å²) in [6.45, 7) is 0. The van der Waals surface area contributed by atoms with Gasteiger partial charge < -0.3 is 8.83 Å². The van der Waals surface area contributed by atoms with E-state index in [0.717, 1.165) is 78.0 Å². The summed E-state index contributed by atoms with van der Waals surface area (Å²) < 4.78 is 13.4. The first-order valence-electron chi connectivity index (χ1n) is 20.5. The van der Waals surface area contributed by atoms with Crippen molar-refractivity contribution in [2.75, 3.05) is 0 Å². The van der Waals surface area contributed by atoms with Crippen LogP contribution in [0.2, 0.25) is 0 Å². The van der Waals surface area contributed by atoms with Crippen LogP contribution in [0.4, 0.5) is 0 Å². The third-order valence-corrected chi connectivity index (χ3v) is 12.1. The third-order valence-electron chi connectivity index (χ3n) is 12.1. The minimum atomic E-state index is 0.873. The summed E-state index contributed by atoms with van der Waals surface area (Å²) in [6, 6.07) is 78.0. The van der Waals surface area contributed by atoms with E-state index in [0.29, 0.717) is 0 Å². The molecule has 12 rings (SSSR count). The first-order valence-corrected chi connectivity index (χ1v) is 20.5. The van der Waals surface area contributed by atoms with Crippen molar-refractivity contribution < 1.29 is 8.83 Å². The first kappa shape index (κ1) is 34.1. The molecular weight excluding hydrogens is 729 g/mol. The van der Waals surface area contributed by atoms with Crippen LogP contribution in [0.5, 0.6) is 0 Å². The maximum absolute atomic E-state index is 6.68. The Morgan fingerprint density at radius 3 is 0.933 bits per heavy atom. The largest absolute Gasteiger partial charge is 0.455 e. The zero-order valence-corrected chi connectivity index (χ0v) is 32.6. The maximum atomic E-state index is 6.68. The molecule has 0 fully saturated rings. The zero-order chi connectivity index (χ0) is 39.6. The van der Waals surface area contributed by atoms with Crippen LogP contribution in [0, 0.1) is 0 Å². The van der Waals surface area contributed by atoms with Crippen LogP contribution in [0.3, 0.4) is 0 Å². The summed E-state index contributed by atoms with van der Waals surface area (Å²) in [5.74, 6) is 1.77. The highest BCUT2D eigenvalue weighted by Gasteiger charge is 2.22. The molecule has 0 aliphatic rings. The van der Waals surface area contributed by atoms with Crippen LogP contribution >= 0.6 is 0 Å². The Morgan fingerprint density at radius 2 is 0.550 bits per heavy atom. The lowest BCUT2D eigenvalue weighted by Gasteiger charge is -2.16. The van der Waals surface area contributed by atoms with Crippen molar-refractivity contribution >= 4 is 54.3 Å². The maximum Gasteiger partial charge on any atom is 0.143 e. The molecule has 12 aromatic rings. The Labute approximate surface area is 347 Å². The van der Waals surface area contributed by atoms with Crippen molar-refractivity contribution in [3.63, 3.8) is 0 Å². The number of hydrogen-bond acceptors (Lipinski definition) is 2. The number of rotatable bonds is 6. The Balaban J connectivity index is 1.08. The average Bonchev–Trinajstić information content (AvgIpc) is 3.91. The van der Waals surface area contributed by atoms with E-state index in [1.165, 1.54) is 43.4 Å². The second kappa shape index (κ2) is 13.9. The smallest absolute Gasteiger partial charge is 0.143 e. The van der Waals surface area contributed by atoms with Gasteiger partial charge in [-0.2, -0.15) is 0 Å². The predicted molar refractivity (Wildman–Crippen MR) is 251 cm³/mol. The minimum absolute atomic E-state index is 0.873. The van der Waals surface area contributed by atoms with E-state index >= 15 is 0 Å². The van der Waals surface area contributed by atoms with Crippen LogP contribution in [0.25, 0.3) is 121 Å². The molecule has 0 saturated heterocycles. The molecule has 0 N–H and O–H groups in total. The first-order chi connectivity index (χ1) is 29.8. The Kier molecular flexibility index (Phi) is 7.89. The zero-order valence-electron chi connectivity index (χ0n) is 32.6. The molecule has 0 bridgehead atoms. The van der Waals surface area contributed by atoms with Crippen molar-refractivity contribution in [1.29, 1.82) is 0 Å². The van der Waals surface area contributed by atoms with Gasteiger partial charge in [0.25, 0.3) is 0 Å². The molecule has 0 aliphatic carbocycles. The second-order valence-corrected chi connectivity index (χ2v) is 15.5. The van der Waals surface area contributed by atoms with Crippen molar-refractivity contribution in [3.05, 3.63) is 218 Å². The predicted octanol–water partition coefficient (Wildman–Crippen LogP) is 16.6.